The summed E-state index contributed by atoms with van der Waals surface area (Å²) >= 11 is 0. The average molecular weight is 335 g/mol. The number of carbonyl (C=O) groups excluding carboxylic acids is 1. The summed E-state index contributed by atoms with van der Waals surface area (Å²) in [6.45, 7) is 2.53. The Kier molecular flexibility index (Phi) is 5.26. The van der Waals surface area contributed by atoms with Crippen molar-refractivity contribution in [1.82, 2.24) is 9.88 Å². The summed E-state index contributed by atoms with van der Waals surface area (Å²) in [5.41, 5.74) is 3.34. The van der Waals surface area contributed by atoms with Gasteiger partial charge in [0.1, 0.15) is 0 Å². The predicted molar refractivity (Wildman–Crippen MR) is 99.4 cm³/mol. The van der Waals surface area contributed by atoms with Crippen LogP contribution in [0.25, 0.3) is 10.9 Å². The lowest BCUT2D eigenvalue weighted by molar-refractivity contribution is 0.185. The second-order valence-electron chi connectivity index (χ2n) is 5.89. The van der Waals surface area contributed by atoms with Gasteiger partial charge in [-0.2, -0.15) is 0 Å². The summed E-state index contributed by atoms with van der Waals surface area (Å²) in [4.78, 5) is 18.8. The van der Waals surface area contributed by atoms with Crippen LogP contribution < -0.4 is 5.32 Å². The van der Waals surface area contributed by atoms with Gasteiger partial charge in [-0.15, -0.1) is 0 Å². The summed E-state index contributed by atoms with van der Waals surface area (Å²) < 4.78 is 0. The average Bonchev–Trinajstić information content (AvgIpc) is 2.63. The number of aliphatic hydroxyl groups is 1. The number of anilines is 1. The largest absolute Gasteiger partial charge is 0.395 e. The van der Waals surface area contributed by atoms with E-state index in [1.54, 1.807) is 4.90 Å². The van der Waals surface area contributed by atoms with E-state index in [0.29, 0.717) is 12.2 Å². The van der Waals surface area contributed by atoms with E-state index < -0.39 is 0 Å². The minimum absolute atomic E-state index is 0.0901. The number of amides is 2. The first-order chi connectivity index (χ1) is 12.2. The Bertz CT molecular complexity index is 865. The smallest absolute Gasteiger partial charge is 0.322 e. The van der Waals surface area contributed by atoms with Gasteiger partial charge in [-0.1, -0.05) is 48.5 Å². The molecule has 25 heavy (non-hydrogen) atoms. The number of carbonyl (C=O) groups is 1. The van der Waals surface area contributed by atoms with E-state index in [9.17, 15) is 9.90 Å². The van der Waals surface area contributed by atoms with E-state index in [-0.39, 0.29) is 19.2 Å². The molecule has 2 N–H and O–H groups in total. The van der Waals surface area contributed by atoms with Crippen LogP contribution in [0.1, 0.15) is 11.3 Å². The van der Waals surface area contributed by atoms with Crippen molar-refractivity contribution in [3.63, 3.8) is 0 Å². The van der Waals surface area contributed by atoms with E-state index in [4.69, 9.17) is 0 Å². The fourth-order valence-electron chi connectivity index (χ4n) is 2.72. The predicted octanol–water partition coefficient (Wildman–Crippen LogP) is 3.57. The van der Waals surface area contributed by atoms with Crippen molar-refractivity contribution >= 4 is 22.6 Å². The number of urea groups is 1. The monoisotopic (exact) mass is 335 g/mol. The molecule has 3 aromatic rings. The zero-order valence-electron chi connectivity index (χ0n) is 14.1. The van der Waals surface area contributed by atoms with Gasteiger partial charge < -0.3 is 15.3 Å². The molecule has 0 aliphatic heterocycles. The molecule has 5 heteroatoms. The standard InChI is InChI=1S/C20H21N3O2/c1-15-10-11-17-8-5-9-18(19(17)21-15)22-20(25)23(12-13-24)14-16-6-3-2-4-7-16/h2-11,24H,12-14H2,1H3,(H,22,25). The molecule has 0 fully saturated rings. The first kappa shape index (κ1) is 16.9. The summed E-state index contributed by atoms with van der Waals surface area (Å²) in [7, 11) is 0. The van der Waals surface area contributed by atoms with Crippen LogP contribution in [0.3, 0.4) is 0 Å². The summed E-state index contributed by atoms with van der Waals surface area (Å²) in [5.74, 6) is 0. The molecule has 5 nitrogen and oxygen atoms in total. The minimum Gasteiger partial charge on any atom is -0.395 e. The van der Waals surface area contributed by atoms with Crippen molar-refractivity contribution < 1.29 is 9.90 Å². The second kappa shape index (κ2) is 7.77. The maximum atomic E-state index is 12.7. The minimum atomic E-state index is -0.256. The molecule has 1 heterocycles. The maximum absolute atomic E-state index is 12.7. The molecule has 0 unspecified atom stereocenters. The van der Waals surface area contributed by atoms with Gasteiger partial charge in [-0.3, -0.25) is 4.98 Å². The van der Waals surface area contributed by atoms with Crippen LogP contribution >= 0.6 is 0 Å². The van der Waals surface area contributed by atoms with Gasteiger partial charge in [0.2, 0.25) is 0 Å². The number of hydrogen-bond acceptors (Lipinski definition) is 3. The molecule has 1 aromatic heterocycles. The Morgan fingerprint density at radius 1 is 1.08 bits per heavy atom. The Morgan fingerprint density at radius 2 is 1.88 bits per heavy atom. The van der Waals surface area contributed by atoms with Crippen molar-refractivity contribution in [2.24, 2.45) is 0 Å². The van der Waals surface area contributed by atoms with Crippen LogP contribution in [0.15, 0.2) is 60.7 Å². The Labute approximate surface area is 146 Å². The number of para-hydroxylation sites is 1. The van der Waals surface area contributed by atoms with E-state index in [1.807, 2.05) is 67.6 Å². The van der Waals surface area contributed by atoms with E-state index in [2.05, 4.69) is 10.3 Å². The zero-order valence-corrected chi connectivity index (χ0v) is 14.1. The molecule has 0 aliphatic rings. The van der Waals surface area contributed by atoms with Crippen LogP contribution in [0.2, 0.25) is 0 Å². The molecule has 0 atom stereocenters. The molecule has 0 saturated heterocycles. The number of benzene rings is 2. The van der Waals surface area contributed by atoms with Gasteiger partial charge in [0.25, 0.3) is 0 Å². The van der Waals surface area contributed by atoms with Crippen LogP contribution in [0.5, 0.6) is 0 Å². The number of rotatable bonds is 5. The van der Waals surface area contributed by atoms with Crippen LogP contribution in [-0.2, 0) is 6.54 Å². The quantitative estimate of drug-likeness (QED) is 0.749. The number of fused-ring (bicyclic) bond motifs is 1. The highest BCUT2D eigenvalue weighted by molar-refractivity contribution is 5.99. The molecule has 0 bridgehead atoms. The normalized spacial score (nSPS) is 10.6. The van der Waals surface area contributed by atoms with Gasteiger partial charge in [-0.05, 0) is 24.6 Å². The third-order valence-electron chi connectivity index (χ3n) is 3.97. The van der Waals surface area contributed by atoms with Gasteiger partial charge in [0, 0.05) is 24.2 Å². The Balaban J connectivity index is 1.83. The van der Waals surface area contributed by atoms with Crippen molar-refractivity contribution in [2.75, 3.05) is 18.5 Å². The number of nitrogens with zero attached hydrogens (tertiary/aromatic N) is 2. The van der Waals surface area contributed by atoms with Crippen molar-refractivity contribution in [1.29, 1.82) is 0 Å². The summed E-state index contributed by atoms with van der Waals surface area (Å²) in [6.07, 6.45) is 0. The number of hydrogen-bond donors (Lipinski definition) is 2. The zero-order chi connectivity index (χ0) is 17.6. The van der Waals surface area contributed by atoms with E-state index >= 15 is 0 Å². The molecule has 2 amide bonds. The highest BCUT2D eigenvalue weighted by atomic mass is 16.3. The fourth-order valence-corrected chi connectivity index (χ4v) is 2.72. The van der Waals surface area contributed by atoms with Crippen LogP contribution in [-0.4, -0.2) is 34.2 Å². The highest BCUT2D eigenvalue weighted by Crippen LogP contribution is 2.22. The lowest BCUT2D eigenvalue weighted by Gasteiger charge is -2.22. The lowest BCUT2D eigenvalue weighted by Crippen LogP contribution is -2.36. The number of aliphatic hydroxyl groups excluding tert-OH is 1. The van der Waals surface area contributed by atoms with Gasteiger partial charge in [0.05, 0.1) is 17.8 Å². The molecular formula is C20H21N3O2. The maximum Gasteiger partial charge on any atom is 0.322 e. The van der Waals surface area contributed by atoms with Gasteiger partial charge >= 0.3 is 6.03 Å². The van der Waals surface area contributed by atoms with Crippen molar-refractivity contribution in [2.45, 2.75) is 13.5 Å². The first-order valence-corrected chi connectivity index (χ1v) is 8.24. The third-order valence-corrected chi connectivity index (χ3v) is 3.97. The molecule has 2 aromatic carbocycles. The number of pyridine rings is 1. The molecule has 128 valence electrons. The molecule has 0 spiro atoms. The summed E-state index contributed by atoms with van der Waals surface area (Å²) in [5, 5.41) is 13.2. The lowest BCUT2D eigenvalue weighted by atomic mass is 10.1. The van der Waals surface area contributed by atoms with E-state index in [1.165, 1.54) is 0 Å². The Morgan fingerprint density at radius 3 is 2.64 bits per heavy atom. The number of aromatic nitrogens is 1. The first-order valence-electron chi connectivity index (χ1n) is 8.24. The number of aryl methyl sites for hydroxylation is 1. The van der Waals surface area contributed by atoms with Gasteiger partial charge in [0.15, 0.2) is 0 Å². The van der Waals surface area contributed by atoms with Gasteiger partial charge in [-0.25, -0.2) is 4.79 Å². The second-order valence-corrected chi connectivity index (χ2v) is 5.89. The molecular weight excluding hydrogens is 314 g/mol. The fraction of sp³-hybridized carbons (Fsp3) is 0.200. The van der Waals surface area contributed by atoms with Crippen LogP contribution in [0, 0.1) is 6.92 Å². The van der Waals surface area contributed by atoms with E-state index in [0.717, 1.165) is 22.2 Å². The topological polar surface area (TPSA) is 65.5 Å². The molecule has 0 radical (unpaired) electrons. The third kappa shape index (κ3) is 4.14. The van der Waals surface area contributed by atoms with Crippen molar-refractivity contribution in [3.05, 3.63) is 71.9 Å². The van der Waals surface area contributed by atoms with Crippen molar-refractivity contribution in [3.8, 4) is 0 Å². The summed E-state index contributed by atoms with van der Waals surface area (Å²) in [6, 6.07) is 19.1. The molecule has 3 rings (SSSR count). The SMILES string of the molecule is Cc1ccc2cccc(NC(=O)N(CCO)Cc3ccccc3)c2n1. The molecule has 0 aliphatic carbocycles. The molecule has 0 saturated carbocycles. The Hall–Kier alpha value is -2.92. The highest BCUT2D eigenvalue weighted by Gasteiger charge is 2.15. The number of nitrogens with one attached hydrogen (secondary N) is 1. The van der Waals surface area contributed by atoms with Crippen LogP contribution in [0.4, 0.5) is 10.5 Å².